The Morgan fingerprint density at radius 3 is 2.79 bits per heavy atom. The molecule has 1 aliphatic heterocycles. The van der Waals surface area contributed by atoms with Gasteiger partial charge in [0.25, 0.3) is 0 Å². The number of fused-ring (bicyclic) bond motifs is 3. The van der Waals surface area contributed by atoms with Crippen molar-refractivity contribution in [2.45, 2.75) is 12.3 Å². The van der Waals surface area contributed by atoms with Gasteiger partial charge in [0.15, 0.2) is 0 Å². The number of ether oxygens (including phenoxy) is 1. The molecule has 1 aliphatic rings. The lowest BCUT2D eigenvalue weighted by Gasteiger charge is -2.28. The number of amides is 1. The van der Waals surface area contributed by atoms with Crippen LogP contribution >= 0.6 is 15.9 Å². The van der Waals surface area contributed by atoms with Crippen LogP contribution in [0.15, 0.2) is 59.1 Å². The van der Waals surface area contributed by atoms with Gasteiger partial charge in [0.1, 0.15) is 5.75 Å². The van der Waals surface area contributed by atoms with Gasteiger partial charge in [0, 0.05) is 28.1 Å². The van der Waals surface area contributed by atoms with E-state index in [1.54, 1.807) is 7.11 Å². The van der Waals surface area contributed by atoms with Gasteiger partial charge in [-0.3, -0.25) is 4.79 Å². The molecule has 3 aromatic rings. The summed E-state index contributed by atoms with van der Waals surface area (Å²) in [6, 6.07) is 18.3. The number of hydrogen-bond acceptors (Lipinski definition) is 2. The normalized spacial score (nSPS) is 16.6. The van der Waals surface area contributed by atoms with Crippen molar-refractivity contribution >= 4 is 38.3 Å². The number of methoxy groups -OCH3 is 1. The molecule has 0 fully saturated rings. The van der Waals surface area contributed by atoms with E-state index >= 15 is 0 Å². The van der Waals surface area contributed by atoms with Crippen LogP contribution in [0, 0.1) is 0 Å². The summed E-state index contributed by atoms with van der Waals surface area (Å²) in [4.78, 5) is 12.3. The van der Waals surface area contributed by atoms with Crippen molar-refractivity contribution in [3.8, 4) is 5.75 Å². The summed E-state index contributed by atoms with van der Waals surface area (Å²) in [5.41, 5.74) is 3.07. The second-order valence-electron chi connectivity index (χ2n) is 5.94. The van der Waals surface area contributed by atoms with E-state index in [4.69, 9.17) is 4.74 Å². The highest BCUT2D eigenvalue weighted by Gasteiger charge is 2.30. The zero-order chi connectivity index (χ0) is 16.7. The van der Waals surface area contributed by atoms with Crippen LogP contribution in [0.2, 0.25) is 0 Å². The van der Waals surface area contributed by atoms with E-state index < -0.39 is 0 Å². The summed E-state index contributed by atoms with van der Waals surface area (Å²) in [6.45, 7) is 0. The van der Waals surface area contributed by atoms with Crippen molar-refractivity contribution in [1.82, 2.24) is 0 Å². The molecule has 3 aromatic carbocycles. The Morgan fingerprint density at radius 2 is 1.96 bits per heavy atom. The standard InChI is InChI=1S/C20H16BrNO2/c1-24-18-9-7-13(21)10-15(18)16-11-19(23)22-17-8-6-12-4-2-3-5-14(12)20(16)17/h2-10,16H,11H2,1H3,(H,22,23)/t16-/m1/s1. The van der Waals surface area contributed by atoms with Crippen molar-refractivity contribution in [2.24, 2.45) is 0 Å². The molecule has 0 saturated heterocycles. The third kappa shape index (κ3) is 2.47. The minimum atomic E-state index is -0.0349. The lowest BCUT2D eigenvalue weighted by Crippen LogP contribution is -2.24. The molecule has 0 unspecified atom stereocenters. The van der Waals surface area contributed by atoms with E-state index in [2.05, 4.69) is 39.4 Å². The zero-order valence-corrected chi connectivity index (χ0v) is 14.8. The molecule has 1 atom stereocenters. The molecule has 0 aliphatic carbocycles. The highest BCUT2D eigenvalue weighted by atomic mass is 79.9. The van der Waals surface area contributed by atoms with Crippen molar-refractivity contribution in [3.05, 3.63) is 70.2 Å². The first-order valence-electron chi connectivity index (χ1n) is 7.82. The maximum absolute atomic E-state index is 12.3. The van der Waals surface area contributed by atoms with E-state index in [0.717, 1.165) is 27.0 Å². The van der Waals surface area contributed by atoms with E-state index in [9.17, 15) is 4.79 Å². The second-order valence-corrected chi connectivity index (χ2v) is 6.85. The van der Waals surface area contributed by atoms with Crippen LogP contribution in [0.4, 0.5) is 5.69 Å². The Balaban J connectivity index is 2.01. The lowest BCUT2D eigenvalue weighted by atomic mass is 9.81. The fraction of sp³-hybridized carbons (Fsp3) is 0.150. The number of nitrogens with one attached hydrogen (secondary N) is 1. The van der Waals surface area contributed by atoms with Crippen LogP contribution in [0.5, 0.6) is 5.75 Å². The van der Waals surface area contributed by atoms with Crippen LogP contribution in [-0.4, -0.2) is 13.0 Å². The van der Waals surface area contributed by atoms with E-state index in [0.29, 0.717) is 6.42 Å². The molecule has 0 aromatic heterocycles. The number of carbonyl (C=O) groups excluding carboxylic acids is 1. The number of anilines is 1. The molecule has 0 bridgehead atoms. The predicted octanol–water partition coefficient (Wildman–Crippen LogP) is 5.09. The smallest absolute Gasteiger partial charge is 0.225 e. The topological polar surface area (TPSA) is 38.3 Å². The molecule has 0 spiro atoms. The van der Waals surface area contributed by atoms with E-state index in [1.165, 1.54) is 10.8 Å². The number of carbonyl (C=O) groups is 1. The van der Waals surface area contributed by atoms with Crippen molar-refractivity contribution in [1.29, 1.82) is 0 Å². The number of halogens is 1. The minimum absolute atomic E-state index is 0.0322. The molecule has 3 nitrogen and oxygen atoms in total. The quantitative estimate of drug-likeness (QED) is 0.671. The number of benzene rings is 3. The highest BCUT2D eigenvalue weighted by molar-refractivity contribution is 9.10. The summed E-state index contributed by atoms with van der Waals surface area (Å²) < 4.78 is 6.54. The molecule has 1 amide bonds. The summed E-state index contributed by atoms with van der Waals surface area (Å²) in [5.74, 6) is 0.800. The Labute approximate surface area is 148 Å². The third-order valence-electron chi connectivity index (χ3n) is 4.55. The molecular formula is C20H16BrNO2. The van der Waals surface area contributed by atoms with Crippen LogP contribution in [0.25, 0.3) is 10.8 Å². The van der Waals surface area contributed by atoms with Gasteiger partial charge in [-0.15, -0.1) is 0 Å². The minimum Gasteiger partial charge on any atom is -0.496 e. The Bertz CT molecular complexity index is 952. The summed E-state index contributed by atoms with van der Waals surface area (Å²) in [7, 11) is 1.67. The third-order valence-corrected chi connectivity index (χ3v) is 5.04. The van der Waals surface area contributed by atoms with Gasteiger partial charge < -0.3 is 10.1 Å². The van der Waals surface area contributed by atoms with Gasteiger partial charge in [0.2, 0.25) is 5.91 Å². The average Bonchev–Trinajstić information content (AvgIpc) is 2.60. The molecule has 0 radical (unpaired) electrons. The van der Waals surface area contributed by atoms with Gasteiger partial charge in [-0.25, -0.2) is 0 Å². The molecule has 4 heteroatoms. The van der Waals surface area contributed by atoms with Gasteiger partial charge >= 0.3 is 0 Å². The van der Waals surface area contributed by atoms with Gasteiger partial charge in [-0.2, -0.15) is 0 Å². The first-order valence-corrected chi connectivity index (χ1v) is 8.61. The highest BCUT2D eigenvalue weighted by Crippen LogP contribution is 2.44. The van der Waals surface area contributed by atoms with Crippen LogP contribution in [0.3, 0.4) is 0 Å². The van der Waals surface area contributed by atoms with Crippen molar-refractivity contribution < 1.29 is 9.53 Å². The van der Waals surface area contributed by atoms with Gasteiger partial charge in [-0.05, 0) is 40.6 Å². The Kier molecular flexibility index (Phi) is 3.77. The molecule has 120 valence electrons. The Morgan fingerprint density at radius 1 is 1.12 bits per heavy atom. The fourth-order valence-electron chi connectivity index (χ4n) is 3.51. The maximum atomic E-state index is 12.3. The molecule has 1 N–H and O–H groups in total. The first-order chi connectivity index (χ1) is 11.7. The van der Waals surface area contributed by atoms with Crippen molar-refractivity contribution in [2.75, 3.05) is 12.4 Å². The number of rotatable bonds is 2. The largest absolute Gasteiger partial charge is 0.496 e. The van der Waals surface area contributed by atoms with Gasteiger partial charge in [-0.1, -0.05) is 46.3 Å². The Hall–Kier alpha value is -2.33. The summed E-state index contributed by atoms with van der Waals surface area (Å²) in [6.07, 6.45) is 0.411. The SMILES string of the molecule is COc1ccc(Br)cc1[C@H]1CC(=O)Nc2ccc3ccccc3c21. The van der Waals surface area contributed by atoms with Crippen molar-refractivity contribution in [3.63, 3.8) is 0 Å². The molecule has 0 saturated carbocycles. The molecule has 1 heterocycles. The first kappa shape index (κ1) is 15.2. The maximum Gasteiger partial charge on any atom is 0.225 e. The monoisotopic (exact) mass is 381 g/mol. The van der Waals surface area contributed by atoms with Crippen LogP contribution in [0.1, 0.15) is 23.5 Å². The molecular weight excluding hydrogens is 366 g/mol. The molecule has 4 rings (SSSR count). The molecule has 24 heavy (non-hydrogen) atoms. The lowest BCUT2D eigenvalue weighted by molar-refractivity contribution is -0.116. The predicted molar refractivity (Wildman–Crippen MR) is 99.7 cm³/mol. The zero-order valence-electron chi connectivity index (χ0n) is 13.2. The summed E-state index contributed by atoms with van der Waals surface area (Å²) in [5, 5.41) is 5.35. The summed E-state index contributed by atoms with van der Waals surface area (Å²) >= 11 is 3.54. The fourth-order valence-corrected chi connectivity index (χ4v) is 3.89. The van der Waals surface area contributed by atoms with Crippen LogP contribution in [-0.2, 0) is 4.79 Å². The van der Waals surface area contributed by atoms with E-state index in [-0.39, 0.29) is 11.8 Å². The van der Waals surface area contributed by atoms with Gasteiger partial charge in [0.05, 0.1) is 7.11 Å². The van der Waals surface area contributed by atoms with E-state index in [1.807, 2.05) is 36.4 Å². The average molecular weight is 382 g/mol. The number of hydrogen-bond donors (Lipinski definition) is 1. The van der Waals surface area contributed by atoms with Crippen LogP contribution < -0.4 is 10.1 Å². The second kappa shape index (κ2) is 5.95.